The molecule has 0 saturated heterocycles. The SMILES string of the molecule is CCOc1cc(/C=C/c2cccnc2)cc(B(O)O)c1. The second kappa shape index (κ2) is 6.89. The molecule has 0 aliphatic carbocycles. The minimum absolute atomic E-state index is 0.404. The fraction of sp³-hybridized carbons (Fsp3) is 0.133. The Hall–Kier alpha value is -2.11. The van der Waals surface area contributed by atoms with E-state index in [1.807, 2.05) is 37.3 Å². The molecule has 0 fully saturated rings. The Labute approximate surface area is 118 Å². The van der Waals surface area contributed by atoms with E-state index in [1.165, 1.54) is 0 Å². The van der Waals surface area contributed by atoms with Gasteiger partial charge in [0.15, 0.2) is 0 Å². The lowest BCUT2D eigenvalue weighted by Gasteiger charge is -2.08. The zero-order valence-corrected chi connectivity index (χ0v) is 11.2. The highest BCUT2D eigenvalue weighted by molar-refractivity contribution is 6.58. The third-order valence-corrected chi connectivity index (χ3v) is 2.71. The molecule has 20 heavy (non-hydrogen) atoms. The number of aromatic nitrogens is 1. The average Bonchev–Trinajstić information content (AvgIpc) is 2.46. The molecule has 0 aliphatic heterocycles. The lowest BCUT2D eigenvalue weighted by molar-refractivity contribution is 0.340. The summed E-state index contributed by atoms with van der Waals surface area (Å²) in [6, 6.07) is 8.98. The third kappa shape index (κ3) is 3.95. The summed E-state index contributed by atoms with van der Waals surface area (Å²) >= 11 is 0. The van der Waals surface area contributed by atoms with E-state index in [0.717, 1.165) is 11.1 Å². The first-order valence-electron chi connectivity index (χ1n) is 6.41. The van der Waals surface area contributed by atoms with Crippen LogP contribution in [0.2, 0.25) is 0 Å². The summed E-state index contributed by atoms with van der Waals surface area (Å²) in [6.45, 7) is 2.41. The summed E-state index contributed by atoms with van der Waals surface area (Å²) in [4.78, 5) is 4.03. The monoisotopic (exact) mass is 269 g/mol. The Morgan fingerprint density at radius 3 is 2.65 bits per heavy atom. The zero-order chi connectivity index (χ0) is 14.4. The van der Waals surface area contributed by atoms with Crippen LogP contribution in [-0.2, 0) is 0 Å². The summed E-state index contributed by atoms with van der Waals surface area (Å²) < 4.78 is 5.42. The fourth-order valence-electron chi connectivity index (χ4n) is 1.81. The standard InChI is InChI=1S/C15H16BNO3/c1-2-20-15-9-13(8-14(10-15)16(18)19)6-5-12-4-3-7-17-11-12/h3-11,18-19H,2H2,1H3/b6-5+. The molecular weight excluding hydrogens is 253 g/mol. The molecule has 4 nitrogen and oxygen atoms in total. The van der Waals surface area contributed by atoms with E-state index >= 15 is 0 Å². The Bertz CT molecular complexity index is 585. The molecule has 0 unspecified atom stereocenters. The Morgan fingerprint density at radius 2 is 2.00 bits per heavy atom. The van der Waals surface area contributed by atoms with E-state index in [1.54, 1.807) is 24.5 Å². The first-order valence-corrected chi connectivity index (χ1v) is 6.41. The van der Waals surface area contributed by atoms with Gasteiger partial charge in [0.2, 0.25) is 0 Å². The van der Waals surface area contributed by atoms with Gasteiger partial charge in [0, 0.05) is 12.4 Å². The molecule has 1 heterocycles. The van der Waals surface area contributed by atoms with Crippen molar-refractivity contribution >= 4 is 24.7 Å². The molecule has 1 aromatic carbocycles. The highest BCUT2D eigenvalue weighted by atomic mass is 16.5. The lowest BCUT2D eigenvalue weighted by Crippen LogP contribution is -2.30. The number of nitrogens with zero attached hydrogens (tertiary/aromatic N) is 1. The molecular formula is C15H16BNO3. The second-order valence-corrected chi connectivity index (χ2v) is 4.26. The number of hydrogen-bond acceptors (Lipinski definition) is 4. The highest BCUT2D eigenvalue weighted by Gasteiger charge is 2.12. The predicted molar refractivity (Wildman–Crippen MR) is 80.6 cm³/mol. The van der Waals surface area contributed by atoms with E-state index in [2.05, 4.69) is 4.98 Å². The van der Waals surface area contributed by atoms with Crippen molar-refractivity contribution in [2.24, 2.45) is 0 Å². The molecule has 0 saturated carbocycles. The van der Waals surface area contributed by atoms with Crippen molar-refractivity contribution in [2.75, 3.05) is 6.61 Å². The van der Waals surface area contributed by atoms with E-state index in [4.69, 9.17) is 4.74 Å². The number of benzene rings is 1. The molecule has 0 spiro atoms. The average molecular weight is 269 g/mol. The Morgan fingerprint density at radius 1 is 1.20 bits per heavy atom. The maximum absolute atomic E-state index is 9.29. The topological polar surface area (TPSA) is 62.6 Å². The van der Waals surface area contributed by atoms with E-state index in [0.29, 0.717) is 17.8 Å². The van der Waals surface area contributed by atoms with Gasteiger partial charge in [-0.05, 0) is 41.7 Å². The summed E-state index contributed by atoms with van der Waals surface area (Å²) in [7, 11) is -1.51. The summed E-state index contributed by atoms with van der Waals surface area (Å²) in [5.74, 6) is 0.615. The summed E-state index contributed by atoms with van der Waals surface area (Å²) in [5, 5.41) is 18.6. The van der Waals surface area contributed by atoms with E-state index in [-0.39, 0.29) is 0 Å². The minimum Gasteiger partial charge on any atom is -0.494 e. The van der Waals surface area contributed by atoms with Crippen LogP contribution in [0.15, 0.2) is 42.7 Å². The maximum Gasteiger partial charge on any atom is 0.488 e. The number of rotatable bonds is 5. The molecule has 0 amide bonds. The summed E-state index contributed by atoms with van der Waals surface area (Å²) in [6.07, 6.45) is 7.26. The van der Waals surface area contributed by atoms with E-state index < -0.39 is 7.12 Å². The van der Waals surface area contributed by atoms with Crippen molar-refractivity contribution in [3.05, 3.63) is 53.9 Å². The van der Waals surface area contributed by atoms with Gasteiger partial charge in [-0.25, -0.2) is 0 Å². The van der Waals surface area contributed by atoms with E-state index in [9.17, 15) is 10.0 Å². The van der Waals surface area contributed by atoms with Gasteiger partial charge in [-0.1, -0.05) is 24.3 Å². The molecule has 2 rings (SSSR count). The van der Waals surface area contributed by atoms with Crippen molar-refractivity contribution in [1.82, 2.24) is 4.98 Å². The van der Waals surface area contributed by atoms with Gasteiger partial charge in [0.1, 0.15) is 5.75 Å². The second-order valence-electron chi connectivity index (χ2n) is 4.26. The number of hydrogen-bond donors (Lipinski definition) is 2. The van der Waals surface area contributed by atoms with Gasteiger partial charge in [0.05, 0.1) is 6.61 Å². The smallest absolute Gasteiger partial charge is 0.488 e. The van der Waals surface area contributed by atoms with Crippen LogP contribution in [0.1, 0.15) is 18.1 Å². The largest absolute Gasteiger partial charge is 0.494 e. The van der Waals surface area contributed by atoms with Crippen LogP contribution < -0.4 is 10.2 Å². The Kier molecular flexibility index (Phi) is 4.93. The van der Waals surface area contributed by atoms with Gasteiger partial charge in [-0.15, -0.1) is 0 Å². The van der Waals surface area contributed by atoms with Gasteiger partial charge in [-0.3, -0.25) is 4.98 Å². The molecule has 2 N–H and O–H groups in total. The fourth-order valence-corrected chi connectivity index (χ4v) is 1.81. The highest BCUT2D eigenvalue weighted by Crippen LogP contribution is 2.15. The minimum atomic E-state index is -1.51. The van der Waals surface area contributed by atoms with Gasteiger partial charge in [0.25, 0.3) is 0 Å². The van der Waals surface area contributed by atoms with Gasteiger partial charge in [-0.2, -0.15) is 0 Å². The van der Waals surface area contributed by atoms with Crippen molar-refractivity contribution in [3.8, 4) is 5.75 Å². The normalized spacial score (nSPS) is 10.8. The number of ether oxygens (including phenoxy) is 1. The van der Waals surface area contributed by atoms with Gasteiger partial charge < -0.3 is 14.8 Å². The molecule has 0 aliphatic rings. The van der Waals surface area contributed by atoms with Crippen LogP contribution in [0.3, 0.4) is 0 Å². The lowest BCUT2D eigenvalue weighted by atomic mass is 9.79. The molecule has 0 bridgehead atoms. The van der Waals surface area contributed by atoms with Crippen LogP contribution in [-0.4, -0.2) is 28.8 Å². The summed E-state index contributed by atoms with van der Waals surface area (Å²) in [5.41, 5.74) is 2.21. The first-order chi connectivity index (χ1) is 9.69. The van der Waals surface area contributed by atoms with Crippen LogP contribution >= 0.6 is 0 Å². The Balaban J connectivity index is 2.28. The van der Waals surface area contributed by atoms with Gasteiger partial charge >= 0.3 is 7.12 Å². The zero-order valence-electron chi connectivity index (χ0n) is 11.2. The predicted octanol–water partition coefficient (Wildman–Crippen LogP) is 1.33. The molecule has 0 radical (unpaired) electrons. The number of pyridine rings is 1. The molecule has 1 aromatic heterocycles. The molecule has 0 atom stereocenters. The van der Waals surface area contributed by atoms with Crippen molar-refractivity contribution in [1.29, 1.82) is 0 Å². The van der Waals surface area contributed by atoms with Crippen molar-refractivity contribution in [2.45, 2.75) is 6.92 Å². The third-order valence-electron chi connectivity index (χ3n) is 2.71. The van der Waals surface area contributed by atoms with Crippen molar-refractivity contribution in [3.63, 3.8) is 0 Å². The van der Waals surface area contributed by atoms with Crippen LogP contribution in [0.25, 0.3) is 12.2 Å². The van der Waals surface area contributed by atoms with Crippen molar-refractivity contribution < 1.29 is 14.8 Å². The van der Waals surface area contributed by atoms with Crippen LogP contribution in [0.5, 0.6) is 5.75 Å². The van der Waals surface area contributed by atoms with Crippen LogP contribution in [0, 0.1) is 0 Å². The maximum atomic E-state index is 9.29. The molecule has 102 valence electrons. The quantitative estimate of drug-likeness (QED) is 0.804. The first kappa shape index (κ1) is 14.3. The molecule has 5 heteroatoms. The van der Waals surface area contributed by atoms with Crippen LogP contribution in [0.4, 0.5) is 0 Å². The molecule has 2 aromatic rings.